The summed E-state index contributed by atoms with van der Waals surface area (Å²) < 4.78 is 0. The van der Waals surface area contributed by atoms with Crippen LogP contribution < -0.4 is 0 Å². The summed E-state index contributed by atoms with van der Waals surface area (Å²) in [5.41, 5.74) is 0. The van der Waals surface area contributed by atoms with Gasteiger partial charge in [-0.15, -0.1) is 0 Å². The van der Waals surface area contributed by atoms with Crippen molar-refractivity contribution >= 4 is 5.91 Å². The monoisotopic (exact) mass is 260 g/mol. The Hall–Kier alpha value is -1.04. The number of rotatable bonds is 4. The van der Waals surface area contributed by atoms with Gasteiger partial charge in [-0.05, 0) is 61.7 Å². The molecule has 0 atom stereocenters. The number of nitrogens with zero attached hydrogens (tertiary/aromatic N) is 2. The SMILES string of the molecule is CN(CCC#N)C(=O)CC1C2CC3CC(C2)CC1C3. The van der Waals surface area contributed by atoms with E-state index in [0.717, 1.165) is 30.1 Å². The fraction of sp³-hybridized carbons (Fsp3) is 0.875. The molecule has 0 spiro atoms. The third-order valence-corrected chi connectivity index (χ3v) is 5.82. The molecule has 0 saturated heterocycles. The minimum atomic E-state index is 0.257. The fourth-order valence-electron chi connectivity index (χ4n) is 5.07. The molecule has 0 aromatic heterocycles. The molecule has 0 N–H and O–H groups in total. The summed E-state index contributed by atoms with van der Waals surface area (Å²) in [6.45, 7) is 0.586. The van der Waals surface area contributed by atoms with E-state index in [1.54, 1.807) is 4.90 Å². The number of amides is 1. The zero-order valence-corrected chi connectivity index (χ0v) is 11.8. The van der Waals surface area contributed by atoms with Crippen molar-refractivity contribution in [2.24, 2.45) is 29.6 Å². The molecule has 4 aliphatic rings. The number of nitriles is 1. The van der Waals surface area contributed by atoms with Crippen LogP contribution in [0.25, 0.3) is 0 Å². The van der Waals surface area contributed by atoms with Gasteiger partial charge in [0.1, 0.15) is 0 Å². The normalized spacial score (nSPS) is 39.1. The number of hydrogen-bond donors (Lipinski definition) is 0. The minimum absolute atomic E-state index is 0.257. The lowest BCUT2D eigenvalue weighted by Gasteiger charge is -2.54. The molecule has 104 valence electrons. The van der Waals surface area contributed by atoms with Gasteiger partial charge in [-0.2, -0.15) is 5.26 Å². The van der Waals surface area contributed by atoms with E-state index in [0.29, 0.717) is 18.9 Å². The highest BCUT2D eigenvalue weighted by Crippen LogP contribution is 2.57. The lowest BCUT2D eigenvalue weighted by atomic mass is 9.51. The van der Waals surface area contributed by atoms with E-state index >= 15 is 0 Å². The molecule has 0 aromatic carbocycles. The van der Waals surface area contributed by atoms with E-state index in [2.05, 4.69) is 6.07 Å². The molecule has 3 nitrogen and oxygen atoms in total. The highest BCUT2D eigenvalue weighted by atomic mass is 16.2. The Kier molecular flexibility index (Phi) is 3.52. The van der Waals surface area contributed by atoms with Crippen LogP contribution in [0.3, 0.4) is 0 Å². The second-order valence-electron chi connectivity index (χ2n) is 7.02. The average molecular weight is 260 g/mol. The van der Waals surface area contributed by atoms with Crippen LogP contribution in [0.1, 0.15) is 44.9 Å². The molecule has 3 heteroatoms. The zero-order valence-electron chi connectivity index (χ0n) is 11.8. The van der Waals surface area contributed by atoms with E-state index in [9.17, 15) is 4.79 Å². The fourth-order valence-corrected chi connectivity index (χ4v) is 5.07. The van der Waals surface area contributed by atoms with E-state index in [1.165, 1.54) is 32.1 Å². The number of carbonyl (C=O) groups excluding carboxylic acids is 1. The van der Waals surface area contributed by atoms with Gasteiger partial charge < -0.3 is 4.90 Å². The summed E-state index contributed by atoms with van der Waals surface area (Å²) in [5.74, 6) is 4.50. The van der Waals surface area contributed by atoms with Crippen LogP contribution in [0.4, 0.5) is 0 Å². The summed E-state index contributed by atoms with van der Waals surface area (Å²) >= 11 is 0. The van der Waals surface area contributed by atoms with Crippen molar-refractivity contribution in [3.8, 4) is 6.07 Å². The summed E-state index contributed by atoms with van der Waals surface area (Å²) in [5, 5.41) is 8.60. The maximum atomic E-state index is 12.3. The summed E-state index contributed by atoms with van der Waals surface area (Å²) in [7, 11) is 1.84. The standard InChI is InChI=1S/C16H24N2O/c1-18(4-2-3-17)16(19)10-15-13-6-11-5-12(8-13)9-14(15)7-11/h11-15H,2,4-10H2,1H3. The molecule has 4 aliphatic carbocycles. The maximum absolute atomic E-state index is 12.3. The lowest BCUT2D eigenvalue weighted by Crippen LogP contribution is -2.46. The molecule has 0 unspecified atom stereocenters. The van der Waals surface area contributed by atoms with Gasteiger partial charge in [0.25, 0.3) is 0 Å². The van der Waals surface area contributed by atoms with Crippen molar-refractivity contribution in [3.63, 3.8) is 0 Å². The molecule has 0 heterocycles. The molecule has 19 heavy (non-hydrogen) atoms. The average Bonchev–Trinajstić information content (AvgIpc) is 2.39. The molecule has 0 aromatic rings. The van der Waals surface area contributed by atoms with Crippen molar-refractivity contribution < 1.29 is 4.79 Å². The van der Waals surface area contributed by atoms with Gasteiger partial charge in [-0.3, -0.25) is 4.79 Å². The minimum Gasteiger partial charge on any atom is -0.345 e. The van der Waals surface area contributed by atoms with Crippen LogP contribution in [-0.4, -0.2) is 24.4 Å². The Bertz CT molecular complexity index is 370. The van der Waals surface area contributed by atoms with Gasteiger partial charge in [-0.1, -0.05) is 0 Å². The van der Waals surface area contributed by atoms with E-state index in [1.807, 2.05) is 7.05 Å². The predicted octanol–water partition coefficient (Wildman–Crippen LogP) is 2.82. The Morgan fingerprint density at radius 2 is 1.74 bits per heavy atom. The third-order valence-electron chi connectivity index (χ3n) is 5.82. The predicted molar refractivity (Wildman–Crippen MR) is 73.0 cm³/mol. The molecule has 4 fully saturated rings. The largest absolute Gasteiger partial charge is 0.345 e. The van der Waals surface area contributed by atoms with Crippen molar-refractivity contribution in [3.05, 3.63) is 0 Å². The summed E-state index contributed by atoms with van der Waals surface area (Å²) in [6.07, 6.45) is 8.18. The molecule has 4 saturated carbocycles. The van der Waals surface area contributed by atoms with Gasteiger partial charge >= 0.3 is 0 Å². The Morgan fingerprint density at radius 3 is 2.26 bits per heavy atom. The Balaban J connectivity index is 1.58. The smallest absolute Gasteiger partial charge is 0.222 e. The maximum Gasteiger partial charge on any atom is 0.222 e. The van der Waals surface area contributed by atoms with Crippen molar-refractivity contribution in [1.29, 1.82) is 5.26 Å². The molecule has 1 amide bonds. The first-order chi connectivity index (χ1) is 9.17. The molecule has 4 bridgehead atoms. The van der Waals surface area contributed by atoms with Gasteiger partial charge in [-0.25, -0.2) is 0 Å². The summed E-state index contributed by atoms with van der Waals surface area (Å²) in [4.78, 5) is 14.0. The van der Waals surface area contributed by atoms with Crippen LogP contribution in [-0.2, 0) is 4.79 Å². The first-order valence-electron chi connectivity index (χ1n) is 7.78. The second-order valence-corrected chi connectivity index (χ2v) is 7.02. The van der Waals surface area contributed by atoms with Crippen LogP contribution in [0.15, 0.2) is 0 Å². The number of hydrogen-bond acceptors (Lipinski definition) is 2. The van der Waals surface area contributed by atoms with Crippen molar-refractivity contribution in [2.75, 3.05) is 13.6 Å². The highest BCUT2D eigenvalue weighted by Gasteiger charge is 2.48. The molecule has 0 radical (unpaired) electrons. The van der Waals surface area contributed by atoms with Gasteiger partial charge in [0.05, 0.1) is 12.5 Å². The van der Waals surface area contributed by atoms with Crippen LogP contribution >= 0.6 is 0 Å². The quantitative estimate of drug-likeness (QED) is 0.780. The Morgan fingerprint density at radius 1 is 1.16 bits per heavy atom. The second kappa shape index (κ2) is 5.15. The summed E-state index contributed by atoms with van der Waals surface area (Å²) in [6, 6.07) is 2.11. The Labute approximate surface area is 116 Å². The van der Waals surface area contributed by atoms with E-state index < -0.39 is 0 Å². The van der Waals surface area contributed by atoms with Crippen LogP contribution in [0, 0.1) is 40.9 Å². The molecule has 0 aliphatic heterocycles. The molecular weight excluding hydrogens is 236 g/mol. The van der Waals surface area contributed by atoms with Crippen LogP contribution in [0.5, 0.6) is 0 Å². The lowest BCUT2D eigenvalue weighted by molar-refractivity contribution is -0.135. The zero-order chi connectivity index (χ0) is 13.4. The topological polar surface area (TPSA) is 44.1 Å². The van der Waals surface area contributed by atoms with Gasteiger partial charge in [0.15, 0.2) is 0 Å². The van der Waals surface area contributed by atoms with E-state index in [4.69, 9.17) is 5.26 Å². The third kappa shape index (κ3) is 2.50. The van der Waals surface area contributed by atoms with Crippen LogP contribution in [0.2, 0.25) is 0 Å². The van der Waals surface area contributed by atoms with Crippen molar-refractivity contribution in [2.45, 2.75) is 44.9 Å². The van der Waals surface area contributed by atoms with Gasteiger partial charge in [0.2, 0.25) is 5.91 Å². The number of carbonyl (C=O) groups is 1. The van der Waals surface area contributed by atoms with Gasteiger partial charge in [0, 0.05) is 20.0 Å². The highest BCUT2D eigenvalue weighted by molar-refractivity contribution is 5.76. The first-order valence-corrected chi connectivity index (χ1v) is 7.78. The first kappa shape index (κ1) is 13.0. The molecular formula is C16H24N2O. The van der Waals surface area contributed by atoms with Crippen molar-refractivity contribution in [1.82, 2.24) is 4.90 Å². The molecule has 4 rings (SSSR count). The van der Waals surface area contributed by atoms with E-state index in [-0.39, 0.29) is 5.91 Å².